The van der Waals surface area contributed by atoms with Crippen LogP contribution in [0.1, 0.15) is 12.5 Å². The second-order valence-corrected chi connectivity index (χ2v) is 3.53. The number of nitrogens with one attached hydrogen (secondary N) is 2. The summed E-state index contributed by atoms with van der Waals surface area (Å²) in [5.41, 5.74) is 4.31. The van der Waals surface area contributed by atoms with Gasteiger partial charge in [0.2, 0.25) is 11.6 Å². The molecule has 0 fully saturated rings. The normalized spacial score (nSPS) is 8.67. The molecule has 1 amide bonds. The van der Waals surface area contributed by atoms with E-state index in [-0.39, 0.29) is 11.6 Å². The first kappa shape index (κ1) is 13.2. The monoisotopic (exact) mass is 241 g/mol. The standard InChI is InChI=1S/C12H11N5O/c1-8-3-4-11(15-9(2)18)12(5-8)17-16-10(6-13)7-14/h3-5,17H,1-2H3,(H,15,18). The van der Waals surface area contributed by atoms with Crippen LogP contribution in [-0.2, 0) is 4.79 Å². The SMILES string of the molecule is CC(=O)Nc1ccc(C)cc1NN=C(C#N)C#N. The number of hydrazone groups is 1. The summed E-state index contributed by atoms with van der Waals surface area (Å²) in [4.78, 5) is 11.0. The third-order valence-corrected chi connectivity index (χ3v) is 1.99. The average molecular weight is 241 g/mol. The van der Waals surface area contributed by atoms with Crippen molar-refractivity contribution in [3.63, 3.8) is 0 Å². The van der Waals surface area contributed by atoms with E-state index in [2.05, 4.69) is 15.8 Å². The average Bonchev–Trinajstić information content (AvgIpc) is 2.33. The lowest BCUT2D eigenvalue weighted by Crippen LogP contribution is -2.08. The van der Waals surface area contributed by atoms with Gasteiger partial charge in [-0.1, -0.05) is 6.07 Å². The number of nitrogens with zero attached hydrogens (tertiary/aromatic N) is 3. The molecule has 0 aliphatic carbocycles. The van der Waals surface area contributed by atoms with Gasteiger partial charge in [-0.05, 0) is 24.6 Å². The van der Waals surface area contributed by atoms with Gasteiger partial charge in [-0.2, -0.15) is 15.6 Å². The summed E-state index contributed by atoms with van der Waals surface area (Å²) < 4.78 is 0. The summed E-state index contributed by atoms with van der Waals surface area (Å²) >= 11 is 0. The van der Waals surface area contributed by atoms with E-state index in [1.54, 1.807) is 24.3 Å². The molecule has 0 unspecified atom stereocenters. The molecular formula is C12H11N5O. The Hall–Kier alpha value is -2.86. The summed E-state index contributed by atoms with van der Waals surface area (Å²) in [5.74, 6) is -0.216. The van der Waals surface area contributed by atoms with Gasteiger partial charge in [0.15, 0.2) is 0 Å². The molecule has 6 nitrogen and oxygen atoms in total. The lowest BCUT2D eigenvalue weighted by atomic mass is 10.2. The molecule has 0 aliphatic heterocycles. The van der Waals surface area contributed by atoms with Crippen molar-refractivity contribution < 1.29 is 4.79 Å². The number of nitriles is 2. The number of hydrogen-bond acceptors (Lipinski definition) is 5. The van der Waals surface area contributed by atoms with Crippen LogP contribution >= 0.6 is 0 Å². The van der Waals surface area contributed by atoms with Crippen molar-refractivity contribution in [1.29, 1.82) is 10.5 Å². The minimum absolute atomic E-state index is 0.216. The third kappa shape index (κ3) is 3.62. The van der Waals surface area contributed by atoms with Crippen LogP contribution in [0.15, 0.2) is 23.3 Å². The highest BCUT2D eigenvalue weighted by atomic mass is 16.1. The quantitative estimate of drug-likeness (QED) is 0.621. The van der Waals surface area contributed by atoms with Crippen LogP contribution in [0, 0.1) is 29.6 Å². The first-order chi connectivity index (χ1) is 8.56. The predicted molar refractivity (Wildman–Crippen MR) is 67.8 cm³/mol. The number of benzene rings is 1. The Morgan fingerprint density at radius 3 is 2.50 bits per heavy atom. The maximum atomic E-state index is 11.0. The van der Waals surface area contributed by atoms with E-state index in [4.69, 9.17) is 10.5 Å². The van der Waals surface area contributed by atoms with Crippen molar-refractivity contribution >= 4 is 23.0 Å². The lowest BCUT2D eigenvalue weighted by molar-refractivity contribution is -0.114. The van der Waals surface area contributed by atoms with E-state index in [1.165, 1.54) is 6.92 Å². The fourth-order valence-corrected chi connectivity index (χ4v) is 1.24. The molecule has 2 N–H and O–H groups in total. The van der Waals surface area contributed by atoms with Crippen LogP contribution in [0.3, 0.4) is 0 Å². The Morgan fingerprint density at radius 2 is 1.94 bits per heavy atom. The Labute approximate surface area is 105 Å². The van der Waals surface area contributed by atoms with Crippen molar-refractivity contribution in [2.75, 3.05) is 10.7 Å². The Balaban J connectivity index is 3.04. The summed E-state index contributed by atoms with van der Waals surface area (Å²) in [5, 5.41) is 23.4. The maximum absolute atomic E-state index is 11.0. The third-order valence-electron chi connectivity index (χ3n) is 1.99. The van der Waals surface area contributed by atoms with Gasteiger partial charge >= 0.3 is 0 Å². The zero-order valence-corrected chi connectivity index (χ0v) is 9.98. The number of amides is 1. The molecule has 1 aromatic rings. The zero-order valence-electron chi connectivity index (χ0n) is 9.98. The van der Waals surface area contributed by atoms with Gasteiger partial charge in [-0.25, -0.2) is 0 Å². The van der Waals surface area contributed by atoms with E-state index in [1.807, 2.05) is 13.0 Å². The first-order valence-corrected chi connectivity index (χ1v) is 5.09. The number of carbonyl (C=O) groups excluding carboxylic acids is 1. The number of anilines is 2. The Kier molecular flexibility index (Phi) is 4.42. The van der Waals surface area contributed by atoms with Crippen molar-refractivity contribution in [2.45, 2.75) is 13.8 Å². The molecule has 1 aromatic carbocycles. The van der Waals surface area contributed by atoms with Crippen LogP contribution in [0.2, 0.25) is 0 Å². The van der Waals surface area contributed by atoms with Crippen molar-refractivity contribution in [3.8, 4) is 12.1 Å². The fraction of sp³-hybridized carbons (Fsp3) is 0.167. The highest BCUT2D eigenvalue weighted by Gasteiger charge is 2.04. The van der Waals surface area contributed by atoms with E-state index in [0.717, 1.165) is 5.56 Å². The highest BCUT2D eigenvalue weighted by Crippen LogP contribution is 2.23. The molecule has 0 saturated carbocycles. The van der Waals surface area contributed by atoms with Gasteiger partial charge in [0.1, 0.15) is 12.1 Å². The summed E-state index contributed by atoms with van der Waals surface area (Å²) in [6.45, 7) is 3.27. The Morgan fingerprint density at radius 1 is 1.28 bits per heavy atom. The van der Waals surface area contributed by atoms with Gasteiger partial charge in [-0.15, -0.1) is 0 Å². The largest absolute Gasteiger partial charge is 0.324 e. The maximum Gasteiger partial charge on any atom is 0.237 e. The molecule has 18 heavy (non-hydrogen) atoms. The molecule has 0 heterocycles. The molecule has 0 spiro atoms. The van der Waals surface area contributed by atoms with Gasteiger partial charge in [-0.3, -0.25) is 10.2 Å². The topological polar surface area (TPSA) is 101 Å². The summed E-state index contributed by atoms with van der Waals surface area (Å²) in [7, 11) is 0. The van der Waals surface area contributed by atoms with E-state index in [0.29, 0.717) is 11.4 Å². The molecule has 6 heteroatoms. The second kappa shape index (κ2) is 6.02. The van der Waals surface area contributed by atoms with Gasteiger partial charge in [0, 0.05) is 6.92 Å². The van der Waals surface area contributed by atoms with Crippen LogP contribution in [0.4, 0.5) is 11.4 Å². The number of rotatable bonds is 3. The first-order valence-electron chi connectivity index (χ1n) is 5.09. The summed E-state index contributed by atoms with van der Waals surface area (Å²) in [6.07, 6.45) is 0. The van der Waals surface area contributed by atoms with E-state index >= 15 is 0 Å². The van der Waals surface area contributed by atoms with E-state index in [9.17, 15) is 4.79 Å². The van der Waals surface area contributed by atoms with Gasteiger partial charge in [0.25, 0.3) is 0 Å². The summed E-state index contributed by atoms with van der Waals surface area (Å²) in [6, 6.07) is 8.57. The molecule has 0 bridgehead atoms. The zero-order chi connectivity index (χ0) is 13.5. The lowest BCUT2D eigenvalue weighted by Gasteiger charge is -2.09. The predicted octanol–water partition coefficient (Wildman–Crippen LogP) is 1.77. The van der Waals surface area contributed by atoms with Crippen molar-refractivity contribution in [1.82, 2.24) is 0 Å². The van der Waals surface area contributed by atoms with Crippen LogP contribution in [0.5, 0.6) is 0 Å². The molecule has 0 aliphatic rings. The molecule has 90 valence electrons. The second-order valence-electron chi connectivity index (χ2n) is 3.53. The number of carbonyl (C=O) groups is 1. The van der Waals surface area contributed by atoms with Gasteiger partial charge in [0.05, 0.1) is 11.4 Å². The minimum Gasteiger partial charge on any atom is -0.324 e. The molecule has 0 atom stereocenters. The van der Waals surface area contributed by atoms with Crippen LogP contribution < -0.4 is 10.7 Å². The molecule has 0 aromatic heterocycles. The molecular weight excluding hydrogens is 230 g/mol. The molecule has 0 saturated heterocycles. The van der Waals surface area contributed by atoms with Gasteiger partial charge < -0.3 is 5.32 Å². The minimum atomic E-state index is -0.287. The number of hydrogen-bond donors (Lipinski definition) is 2. The Bertz CT molecular complexity index is 561. The van der Waals surface area contributed by atoms with Crippen LogP contribution in [-0.4, -0.2) is 11.6 Å². The van der Waals surface area contributed by atoms with E-state index < -0.39 is 0 Å². The van der Waals surface area contributed by atoms with Crippen molar-refractivity contribution in [2.24, 2.45) is 5.10 Å². The fourth-order valence-electron chi connectivity index (χ4n) is 1.24. The molecule has 1 rings (SSSR count). The smallest absolute Gasteiger partial charge is 0.237 e. The molecule has 0 radical (unpaired) electrons. The highest BCUT2D eigenvalue weighted by molar-refractivity contribution is 6.10. The number of aryl methyl sites for hydroxylation is 1. The van der Waals surface area contributed by atoms with Crippen molar-refractivity contribution in [3.05, 3.63) is 23.8 Å². The van der Waals surface area contributed by atoms with Crippen LogP contribution in [0.25, 0.3) is 0 Å².